The fraction of sp³-hybridized carbons (Fsp3) is 0.174. The highest BCUT2D eigenvalue weighted by atomic mass is 35.5. The summed E-state index contributed by atoms with van der Waals surface area (Å²) in [5.41, 5.74) is 3.62. The molecule has 0 saturated carbocycles. The number of ether oxygens (including phenoxy) is 2. The first-order valence-electron chi connectivity index (χ1n) is 9.10. The Morgan fingerprint density at radius 3 is 2.45 bits per heavy atom. The third-order valence-electron chi connectivity index (χ3n) is 4.19. The molecular formula is C23H20Cl3NO2. The number of halogens is 3. The molecule has 0 amide bonds. The molecule has 0 N–H and O–H groups in total. The molecule has 3 aromatic rings. The zero-order chi connectivity index (χ0) is 20.8. The molecular weight excluding hydrogens is 429 g/mol. The number of para-hydroxylation sites is 1. The van der Waals surface area contributed by atoms with Gasteiger partial charge in [-0.15, -0.1) is 0 Å². The minimum absolute atomic E-state index is 0.243. The van der Waals surface area contributed by atoms with Crippen LogP contribution in [0.25, 0.3) is 0 Å². The van der Waals surface area contributed by atoms with Crippen molar-refractivity contribution in [1.29, 1.82) is 0 Å². The monoisotopic (exact) mass is 447 g/mol. The van der Waals surface area contributed by atoms with Crippen LogP contribution in [0.1, 0.15) is 23.6 Å². The Morgan fingerprint density at radius 1 is 0.931 bits per heavy atom. The number of aliphatic imine (C=N–C) groups is 1. The second-order valence-electron chi connectivity index (χ2n) is 6.33. The second kappa shape index (κ2) is 10.0. The van der Waals surface area contributed by atoms with E-state index in [4.69, 9.17) is 44.3 Å². The van der Waals surface area contributed by atoms with Gasteiger partial charge in [0.1, 0.15) is 6.61 Å². The molecule has 0 bridgehead atoms. The molecule has 0 atom stereocenters. The van der Waals surface area contributed by atoms with Gasteiger partial charge in [-0.2, -0.15) is 0 Å². The molecule has 0 radical (unpaired) electrons. The van der Waals surface area contributed by atoms with Gasteiger partial charge in [-0.05, 0) is 55.3 Å². The Kier molecular flexibility index (Phi) is 7.43. The summed E-state index contributed by atoms with van der Waals surface area (Å²) in [7, 11) is 0. The van der Waals surface area contributed by atoms with Crippen molar-refractivity contribution in [3.05, 3.63) is 86.4 Å². The highest BCUT2D eigenvalue weighted by Gasteiger charge is 2.13. The van der Waals surface area contributed by atoms with E-state index in [0.29, 0.717) is 33.2 Å². The first-order valence-corrected chi connectivity index (χ1v) is 10.2. The van der Waals surface area contributed by atoms with E-state index >= 15 is 0 Å². The molecule has 3 nitrogen and oxygen atoms in total. The van der Waals surface area contributed by atoms with Gasteiger partial charge in [0.2, 0.25) is 0 Å². The van der Waals surface area contributed by atoms with E-state index < -0.39 is 0 Å². The maximum atomic E-state index is 6.49. The summed E-state index contributed by atoms with van der Waals surface area (Å²) in [6, 6.07) is 16.8. The van der Waals surface area contributed by atoms with Gasteiger partial charge in [0, 0.05) is 21.8 Å². The summed E-state index contributed by atoms with van der Waals surface area (Å²) in [4.78, 5) is 4.55. The third kappa shape index (κ3) is 5.66. The average Bonchev–Trinajstić information content (AvgIpc) is 2.68. The van der Waals surface area contributed by atoms with Crippen molar-refractivity contribution >= 4 is 46.7 Å². The highest BCUT2D eigenvalue weighted by Crippen LogP contribution is 2.37. The number of rotatable bonds is 7. The summed E-state index contributed by atoms with van der Waals surface area (Å²) in [6.45, 7) is 4.64. The Hall–Kier alpha value is -2.20. The lowest BCUT2D eigenvalue weighted by Gasteiger charge is -2.15. The van der Waals surface area contributed by atoms with Crippen LogP contribution in [0.2, 0.25) is 15.1 Å². The first-order chi connectivity index (χ1) is 14.0. The van der Waals surface area contributed by atoms with Gasteiger partial charge < -0.3 is 9.47 Å². The number of benzene rings is 3. The zero-order valence-electron chi connectivity index (χ0n) is 16.1. The molecule has 29 heavy (non-hydrogen) atoms. The summed E-state index contributed by atoms with van der Waals surface area (Å²) in [6.07, 6.45) is 1.76. The van der Waals surface area contributed by atoms with Crippen LogP contribution in [0.15, 0.2) is 59.6 Å². The van der Waals surface area contributed by atoms with Crippen molar-refractivity contribution in [3.8, 4) is 11.5 Å². The lowest BCUT2D eigenvalue weighted by atomic mass is 10.2. The van der Waals surface area contributed by atoms with Crippen molar-refractivity contribution in [2.45, 2.75) is 20.5 Å². The van der Waals surface area contributed by atoms with Gasteiger partial charge in [-0.1, -0.05) is 59.1 Å². The van der Waals surface area contributed by atoms with Crippen molar-refractivity contribution < 1.29 is 9.47 Å². The molecule has 0 saturated heterocycles. The molecule has 0 unspecified atom stereocenters. The van der Waals surface area contributed by atoms with Gasteiger partial charge in [0.05, 0.1) is 17.3 Å². The van der Waals surface area contributed by atoms with Gasteiger partial charge >= 0.3 is 0 Å². The summed E-state index contributed by atoms with van der Waals surface area (Å²) < 4.78 is 11.7. The standard InChI is InChI=1S/C23H20Cl3NO2/c1-3-28-22-11-16(13-27-21-7-5-4-6-15(21)2)10-20(26)23(22)29-14-17-8-9-18(24)12-19(17)25/h4-13H,3,14H2,1-2H3. The van der Waals surface area contributed by atoms with Crippen molar-refractivity contribution in [2.24, 2.45) is 4.99 Å². The molecule has 6 heteroatoms. The molecule has 0 aliphatic rings. The predicted molar refractivity (Wildman–Crippen MR) is 122 cm³/mol. The molecule has 150 valence electrons. The average molecular weight is 449 g/mol. The minimum Gasteiger partial charge on any atom is -0.490 e. The van der Waals surface area contributed by atoms with Crippen molar-refractivity contribution in [2.75, 3.05) is 6.61 Å². The van der Waals surface area contributed by atoms with Crippen LogP contribution in [-0.4, -0.2) is 12.8 Å². The predicted octanol–water partition coefficient (Wildman–Crippen LogP) is 7.68. The number of nitrogens with zero attached hydrogens (tertiary/aromatic N) is 1. The number of hydrogen-bond acceptors (Lipinski definition) is 3. The van der Waals surface area contributed by atoms with Gasteiger partial charge in [0.15, 0.2) is 11.5 Å². The van der Waals surface area contributed by atoms with Crippen LogP contribution in [-0.2, 0) is 6.61 Å². The molecule has 0 fully saturated rings. The molecule has 0 aromatic heterocycles. The molecule has 0 heterocycles. The van der Waals surface area contributed by atoms with E-state index in [1.165, 1.54) is 0 Å². The normalized spacial score (nSPS) is 11.1. The number of hydrogen-bond donors (Lipinski definition) is 0. The lowest BCUT2D eigenvalue weighted by Crippen LogP contribution is -2.02. The molecule has 3 aromatic carbocycles. The fourth-order valence-corrected chi connectivity index (χ4v) is 3.44. The summed E-state index contributed by atoms with van der Waals surface area (Å²) in [5.74, 6) is 1.02. The fourth-order valence-electron chi connectivity index (χ4n) is 2.71. The van der Waals surface area contributed by atoms with Crippen LogP contribution in [0.3, 0.4) is 0 Å². The zero-order valence-corrected chi connectivity index (χ0v) is 18.4. The van der Waals surface area contributed by atoms with Crippen molar-refractivity contribution in [1.82, 2.24) is 0 Å². The molecule has 0 aliphatic carbocycles. The van der Waals surface area contributed by atoms with E-state index in [2.05, 4.69) is 4.99 Å². The van der Waals surface area contributed by atoms with E-state index in [9.17, 15) is 0 Å². The van der Waals surface area contributed by atoms with E-state index in [1.807, 2.05) is 50.2 Å². The highest BCUT2D eigenvalue weighted by molar-refractivity contribution is 6.35. The minimum atomic E-state index is 0.243. The van der Waals surface area contributed by atoms with E-state index in [-0.39, 0.29) is 6.61 Å². The molecule has 0 spiro atoms. The Balaban J connectivity index is 1.85. The first kappa shape index (κ1) is 21.5. The quantitative estimate of drug-likeness (QED) is 0.347. The van der Waals surface area contributed by atoms with Gasteiger partial charge in [-0.25, -0.2) is 0 Å². The topological polar surface area (TPSA) is 30.8 Å². The van der Waals surface area contributed by atoms with Crippen molar-refractivity contribution in [3.63, 3.8) is 0 Å². The molecule has 0 aliphatic heterocycles. The lowest BCUT2D eigenvalue weighted by molar-refractivity contribution is 0.269. The van der Waals surface area contributed by atoms with Crippen LogP contribution in [0.4, 0.5) is 5.69 Å². The SMILES string of the molecule is CCOc1cc(C=Nc2ccccc2C)cc(Cl)c1OCc1ccc(Cl)cc1Cl. The summed E-state index contributed by atoms with van der Waals surface area (Å²) in [5, 5.41) is 1.55. The van der Waals surface area contributed by atoms with Crippen LogP contribution in [0.5, 0.6) is 11.5 Å². The number of aryl methyl sites for hydroxylation is 1. The largest absolute Gasteiger partial charge is 0.490 e. The Labute approximate surface area is 185 Å². The summed E-state index contributed by atoms with van der Waals surface area (Å²) >= 11 is 18.7. The maximum Gasteiger partial charge on any atom is 0.180 e. The van der Waals surface area contributed by atoms with Crippen LogP contribution < -0.4 is 9.47 Å². The Morgan fingerprint density at radius 2 is 1.72 bits per heavy atom. The third-order valence-corrected chi connectivity index (χ3v) is 5.05. The maximum absolute atomic E-state index is 6.49. The van der Waals surface area contributed by atoms with E-state index in [1.54, 1.807) is 24.4 Å². The second-order valence-corrected chi connectivity index (χ2v) is 7.58. The smallest absolute Gasteiger partial charge is 0.180 e. The van der Waals surface area contributed by atoms with Gasteiger partial charge in [0.25, 0.3) is 0 Å². The van der Waals surface area contributed by atoms with E-state index in [0.717, 1.165) is 22.4 Å². The molecule has 3 rings (SSSR count). The Bertz CT molecular complexity index is 1030. The van der Waals surface area contributed by atoms with Crippen LogP contribution >= 0.6 is 34.8 Å². The van der Waals surface area contributed by atoms with Crippen LogP contribution in [0, 0.1) is 6.92 Å². The van der Waals surface area contributed by atoms with Gasteiger partial charge in [-0.3, -0.25) is 4.99 Å².